The van der Waals surface area contributed by atoms with Crippen molar-refractivity contribution in [2.24, 2.45) is 0 Å². The first-order valence-electron chi connectivity index (χ1n) is 9.89. The van der Waals surface area contributed by atoms with E-state index in [-0.39, 0.29) is 5.91 Å². The van der Waals surface area contributed by atoms with Gasteiger partial charge in [0.25, 0.3) is 5.91 Å². The summed E-state index contributed by atoms with van der Waals surface area (Å²) in [5.41, 5.74) is 0.434. The predicted octanol–water partition coefficient (Wildman–Crippen LogP) is 1.59. The Hall–Kier alpha value is -1.47. The van der Waals surface area contributed by atoms with Crippen LogP contribution in [0.3, 0.4) is 0 Å². The van der Waals surface area contributed by atoms with Gasteiger partial charge in [0.1, 0.15) is 0 Å². The lowest BCUT2D eigenvalue weighted by molar-refractivity contribution is 0.0946. The number of nitrogens with one attached hydrogen (secondary N) is 2. The lowest BCUT2D eigenvalue weighted by Crippen LogP contribution is -2.38. The number of hydrogen-bond donors (Lipinski definition) is 2. The third-order valence-corrected chi connectivity index (χ3v) is 5.52. The molecule has 7 heteroatoms. The molecule has 2 aliphatic heterocycles. The fourth-order valence-electron chi connectivity index (χ4n) is 3.85. The summed E-state index contributed by atoms with van der Waals surface area (Å²) in [4.78, 5) is 14.8. The zero-order valence-corrected chi connectivity index (χ0v) is 15.4. The van der Waals surface area contributed by atoms with Crippen LogP contribution in [-0.2, 0) is 0 Å². The monoisotopic (exact) mass is 348 g/mol. The second kappa shape index (κ2) is 9.29. The summed E-state index contributed by atoms with van der Waals surface area (Å²) in [5, 5.41) is 14.5. The van der Waals surface area contributed by atoms with E-state index in [4.69, 9.17) is 0 Å². The van der Waals surface area contributed by atoms with Gasteiger partial charge >= 0.3 is 0 Å². The molecule has 7 nitrogen and oxygen atoms in total. The molecule has 1 aromatic heterocycles. The normalized spacial score (nSPS) is 22.8. The topological polar surface area (TPSA) is 75.1 Å². The van der Waals surface area contributed by atoms with Crippen LogP contribution in [0.15, 0.2) is 6.20 Å². The molecule has 3 rings (SSSR count). The molecule has 0 radical (unpaired) electrons. The van der Waals surface area contributed by atoms with Crippen LogP contribution in [0.2, 0.25) is 0 Å². The van der Waals surface area contributed by atoms with Gasteiger partial charge in [-0.15, -0.1) is 5.10 Å². The number of hydrogen-bond acceptors (Lipinski definition) is 5. The molecular weight excluding hydrogens is 316 g/mol. The largest absolute Gasteiger partial charge is 0.351 e. The molecular formula is C18H32N6O. The van der Waals surface area contributed by atoms with Gasteiger partial charge in [-0.3, -0.25) is 4.79 Å². The van der Waals surface area contributed by atoms with E-state index in [1.54, 1.807) is 6.20 Å². The minimum absolute atomic E-state index is 0.105. The van der Waals surface area contributed by atoms with Crippen molar-refractivity contribution in [3.8, 4) is 0 Å². The molecule has 1 amide bonds. The molecule has 2 saturated heterocycles. The van der Waals surface area contributed by atoms with Gasteiger partial charge in [-0.25, -0.2) is 4.68 Å². The predicted molar refractivity (Wildman–Crippen MR) is 97.6 cm³/mol. The third kappa shape index (κ3) is 5.25. The van der Waals surface area contributed by atoms with Crippen molar-refractivity contribution in [1.82, 2.24) is 30.5 Å². The van der Waals surface area contributed by atoms with Gasteiger partial charge < -0.3 is 15.5 Å². The van der Waals surface area contributed by atoms with Crippen molar-refractivity contribution in [3.63, 3.8) is 0 Å². The Labute approximate surface area is 150 Å². The van der Waals surface area contributed by atoms with E-state index in [1.807, 2.05) is 4.68 Å². The van der Waals surface area contributed by atoms with Crippen LogP contribution in [0.25, 0.3) is 0 Å². The smallest absolute Gasteiger partial charge is 0.273 e. The molecule has 2 N–H and O–H groups in total. The van der Waals surface area contributed by atoms with Crippen LogP contribution in [0.1, 0.15) is 68.4 Å². The summed E-state index contributed by atoms with van der Waals surface area (Å²) >= 11 is 0. The molecule has 0 aromatic carbocycles. The minimum atomic E-state index is -0.105. The Kier molecular flexibility index (Phi) is 6.81. The van der Waals surface area contributed by atoms with Crippen LogP contribution >= 0.6 is 0 Å². The van der Waals surface area contributed by atoms with E-state index in [9.17, 15) is 4.79 Å². The number of unbranched alkanes of at least 4 members (excludes halogenated alkanes) is 1. The lowest BCUT2D eigenvalue weighted by atomic mass is 10.0. The highest BCUT2D eigenvalue weighted by Crippen LogP contribution is 2.17. The summed E-state index contributed by atoms with van der Waals surface area (Å²) in [7, 11) is 0. The van der Waals surface area contributed by atoms with Crippen LogP contribution in [0.4, 0.5) is 0 Å². The average molecular weight is 348 g/mol. The van der Waals surface area contributed by atoms with Crippen LogP contribution in [0.5, 0.6) is 0 Å². The molecule has 1 atom stereocenters. The quantitative estimate of drug-likeness (QED) is 0.732. The molecule has 0 saturated carbocycles. The summed E-state index contributed by atoms with van der Waals surface area (Å²) in [5.74, 6) is -0.105. The summed E-state index contributed by atoms with van der Waals surface area (Å²) in [6.07, 6.45) is 10.0. The maximum absolute atomic E-state index is 12.2. The van der Waals surface area contributed by atoms with E-state index < -0.39 is 0 Å². The second-order valence-corrected chi connectivity index (χ2v) is 7.41. The van der Waals surface area contributed by atoms with Crippen molar-refractivity contribution in [2.45, 2.75) is 64.0 Å². The van der Waals surface area contributed by atoms with Gasteiger partial charge in [0, 0.05) is 12.6 Å². The number of carbonyl (C=O) groups excluding carboxylic acids is 1. The molecule has 0 bridgehead atoms. The van der Waals surface area contributed by atoms with Gasteiger partial charge in [-0.1, -0.05) is 11.6 Å². The van der Waals surface area contributed by atoms with E-state index in [1.165, 1.54) is 25.8 Å². The zero-order chi connectivity index (χ0) is 17.5. The molecule has 0 aliphatic carbocycles. The summed E-state index contributed by atoms with van der Waals surface area (Å²) in [6, 6.07) is 1.08. The number of carbonyl (C=O) groups is 1. The molecule has 25 heavy (non-hydrogen) atoms. The van der Waals surface area contributed by atoms with Crippen LogP contribution < -0.4 is 10.6 Å². The Bertz CT molecular complexity index is 539. The number of nitrogens with zero attached hydrogens (tertiary/aromatic N) is 4. The van der Waals surface area contributed by atoms with Gasteiger partial charge in [0.05, 0.1) is 12.2 Å². The highest BCUT2D eigenvalue weighted by atomic mass is 16.2. The Morgan fingerprint density at radius 3 is 2.92 bits per heavy atom. The van der Waals surface area contributed by atoms with Gasteiger partial charge in [0.15, 0.2) is 5.69 Å². The van der Waals surface area contributed by atoms with Crippen molar-refractivity contribution < 1.29 is 4.79 Å². The number of likely N-dealkylation sites (tertiary alicyclic amines) is 1. The summed E-state index contributed by atoms with van der Waals surface area (Å²) < 4.78 is 1.85. The maximum atomic E-state index is 12.2. The van der Waals surface area contributed by atoms with E-state index >= 15 is 0 Å². The fourth-order valence-corrected chi connectivity index (χ4v) is 3.85. The highest BCUT2D eigenvalue weighted by Gasteiger charge is 2.19. The molecule has 2 aliphatic rings. The number of amides is 1. The summed E-state index contributed by atoms with van der Waals surface area (Å²) in [6.45, 7) is 7.41. The number of aromatic nitrogens is 3. The van der Waals surface area contributed by atoms with Crippen LogP contribution in [0, 0.1) is 0 Å². The Morgan fingerprint density at radius 2 is 2.12 bits per heavy atom. The fraction of sp³-hybridized carbons (Fsp3) is 0.833. The van der Waals surface area contributed by atoms with Crippen molar-refractivity contribution in [2.75, 3.05) is 32.7 Å². The van der Waals surface area contributed by atoms with Crippen LogP contribution in [-0.4, -0.2) is 64.6 Å². The lowest BCUT2D eigenvalue weighted by Gasteiger charge is -2.33. The van der Waals surface area contributed by atoms with Gasteiger partial charge in [0.2, 0.25) is 0 Å². The molecule has 2 fully saturated rings. The molecule has 1 aromatic rings. The zero-order valence-electron chi connectivity index (χ0n) is 15.4. The number of piperidine rings is 2. The third-order valence-electron chi connectivity index (χ3n) is 5.52. The highest BCUT2D eigenvalue weighted by molar-refractivity contribution is 5.91. The van der Waals surface area contributed by atoms with Gasteiger partial charge in [-0.05, 0) is 71.6 Å². The maximum Gasteiger partial charge on any atom is 0.273 e. The molecule has 0 spiro atoms. The van der Waals surface area contributed by atoms with Crippen molar-refractivity contribution >= 4 is 5.91 Å². The van der Waals surface area contributed by atoms with E-state index in [2.05, 4.69) is 32.8 Å². The second-order valence-electron chi connectivity index (χ2n) is 7.41. The Balaban J connectivity index is 1.34. The standard InChI is InChI=1S/C18H32N6O/c1-15-6-2-4-12-23(15)13-5-3-9-20-18(25)17-14-24(22-21-17)16-7-10-19-11-8-16/h14-16,19H,2-13H2,1H3,(H,20,25). The Morgan fingerprint density at radius 1 is 1.28 bits per heavy atom. The first-order valence-corrected chi connectivity index (χ1v) is 9.89. The molecule has 1 unspecified atom stereocenters. The van der Waals surface area contributed by atoms with Crippen molar-refractivity contribution in [1.29, 1.82) is 0 Å². The van der Waals surface area contributed by atoms with E-state index in [0.717, 1.165) is 45.3 Å². The van der Waals surface area contributed by atoms with Gasteiger partial charge in [-0.2, -0.15) is 0 Å². The SMILES string of the molecule is CC1CCCCN1CCCCNC(=O)c1cn(C2CCNCC2)nn1. The van der Waals surface area contributed by atoms with E-state index in [0.29, 0.717) is 24.3 Å². The average Bonchev–Trinajstić information content (AvgIpc) is 3.14. The minimum Gasteiger partial charge on any atom is -0.351 e. The number of rotatable bonds is 7. The first-order chi connectivity index (χ1) is 12.2. The molecule has 140 valence electrons. The van der Waals surface area contributed by atoms with Crippen molar-refractivity contribution in [3.05, 3.63) is 11.9 Å². The first kappa shape index (κ1) is 18.3. The molecule has 3 heterocycles.